The van der Waals surface area contributed by atoms with Gasteiger partial charge in [0, 0.05) is 29.6 Å². The minimum absolute atomic E-state index is 0.193. The number of anilines is 1. The van der Waals surface area contributed by atoms with E-state index in [1.54, 1.807) is 25.4 Å². The molecular weight excluding hydrogens is 266 g/mol. The van der Waals surface area contributed by atoms with Crippen LogP contribution in [-0.4, -0.2) is 18.0 Å². The summed E-state index contributed by atoms with van der Waals surface area (Å²) < 4.78 is 5.36. The molecule has 0 atom stereocenters. The van der Waals surface area contributed by atoms with E-state index < -0.39 is 0 Å². The van der Waals surface area contributed by atoms with Gasteiger partial charge in [0.25, 0.3) is 5.91 Å². The summed E-state index contributed by atoms with van der Waals surface area (Å²) in [5.41, 5.74) is 9.41. The molecule has 2 aromatic rings. The average molecular weight is 285 g/mol. The summed E-state index contributed by atoms with van der Waals surface area (Å²) >= 11 is 0. The van der Waals surface area contributed by atoms with Crippen LogP contribution in [-0.2, 0) is 6.54 Å². The van der Waals surface area contributed by atoms with Gasteiger partial charge in [0.2, 0.25) is 0 Å². The molecule has 5 nitrogen and oxygen atoms in total. The molecule has 1 aromatic carbocycles. The van der Waals surface area contributed by atoms with E-state index in [4.69, 9.17) is 10.5 Å². The predicted octanol–water partition coefficient (Wildman–Crippen LogP) is 2.42. The predicted molar refractivity (Wildman–Crippen MR) is 82.5 cm³/mol. The Labute approximate surface area is 124 Å². The van der Waals surface area contributed by atoms with Crippen molar-refractivity contribution in [2.75, 3.05) is 12.4 Å². The average Bonchev–Trinajstić information content (AvgIpc) is 2.50. The van der Waals surface area contributed by atoms with Crippen LogP contribution in [0.15, 0.2) is 30.5 Å². The summed E-state index contributed by atoms with van der Waals surface area (Å²) in [6, 6.07) is 7.14. The third kappa shape index (κ3) is 3.20. The summed E-state index contributed by atoms with van der Waals surface area (Å²) in [5, 5.41) is 2.89. The molecule has 0 aliphatic heterocycles. The molecule has 0 aliphatic rings. The van der Waals surface area contributed by atoms with Gasteiger partial charge in [-0.25, -0.2) is 0 Å². The molecule has 21 heavy (non-hydrogen) atoms. The fourth-order valence-electron chi connectivity index (χ4n) is 2.20. The van der Waals surface area contributed by atoms with Crippen molar-refractivity contribution in [2.24, 2.45) is 5.73 Å². The second-order valence-corrected chi connectivity index (χ2v) is 4.78. The van der Waals surface area contributed by atoms with Crippen molar-refractivity contribution >= 4 is 11.6 Å². The zero-order chi connectivity index (χ0) is 15.4. The lowest BCUT2D eigenvalue weighted by Crippen LogP contribution is -2.14. The third-order valence-corrected chi connectivity index (χ3v) is 3.34. The molecule has 0 saturated heterocycles. The Morgan fingerprint density at radius 3 is 2.76 bits per heavy atom. The van der Waals surface area contributed by atoms with Crippen molar-refractivity contribution in [3.05, 3.63) is 52.8 Å². The lowest BCUT2D eigenvalue weighted by Gasteiger charge is -2.14. The van der Waals surface area contributed by atoms with Gasteiger partial charge < -0.3 is 15.8 Å². The number of carbonyl (C=O) groups excluding carboxylic acids is 1. The first-order valence-electron chi connectivity index (χ1n) is 6.67. The Morgan fingerprint density at radius 2 is 2.10 bits per heavy atom. The number of nitrogens with zero attached hydrogens (tertiary/aromatic N) is 1. The number of carbonyl (C=O) groups is 1. The molecule has 0 bridgehead atoms. The minimum Gasteiger partial charge on any atom is -0.496 e. The molecule has 0 saturated carbocycles. The maximum absolute atomic E-state index is 12.3. The smallest absolute Gasteiger partial charge is 0.255 e. The molecule has 3 N–H and O–H groups in total. The first-order valence-corrected chi connectivity index (χ1v) is 6.67. The van der Waals surface area contributed by atoms with Crippen molar-refractivity contribution in [3.8, 4) is 5.75 Å². The highest BCUT2D eigenvalue weighted by atomic mass is 16.5. The molecule has 0 fully saturated rings. The summed E-state index contributed by atoms with van der Waals surface area (Å²) in [7, 11) is 1.62. The van der Waals surface area contributed by atoms with Gasteiger partial charge in [-0.15, -0.1) is 0 Å². The standard InChI is InChI=1S/C16H19N3O2/c1-10-4-5-14(11(2)15(10)21-3)19-16(20)12-6-7-18-13(8-12)9-17/h4-8H,9,17H2,1-3H3,(H,19,20). The number of nitrogens with one attached hydrogen (secondary N) is 1. The molecular formula is C16H19N3O2. The van der Waals surface area contributed by atoms with Crippen LogP contribution < -0.4 is 15.8 Å². The van der Waals surface area contributed by atoms with Crippen molar-refractivity contribution in [3.63, 3.8) is 0 Å². The minimum atomic E-state index is -0.193. The quantitative estimate of drug-likeness (QED) is 0.904. The van der Waals surface area contributed by atoms with Gasteiger partial charge in [0.05, 0.1) is 12.8 Å². The molecule has 2 rings (SSSR count). The zero-order valence-corrected chi connectivity index (χ0v) is 12.4. The second-order valence-electron chi connectivity index (χ2n) is 4.78. The Morgan fingerprint density at radius 1 is 1.33 bits per heavy atom. The van der Waals surface area contributed by atoms with Crippen molar-refractivity contribution in [2.45, 2.75) is 20.4 Å². The Balaban J connectivity index is 2.27. The van der Waals surface area contributed by atoms with Crippen molar-refractivity contribution in [1.82, 2.24) is 4.98 Å². The van der Waals surface area contributed by atoms with Gasteiger partial charge in [-0.3, -0.25) is 9.78 Å². The number of nitrogens with two attached hydrogens (primary N) is 1. The number of pyridine rings is 1. The number of ether oxygens (including phenoxy) is 1. The first-order chi connectivity index (χ1) is 10.1. The maximum atomic E-state index is 12.3. The number of aromatic nitrogens is 1. The summed E-state index contributed by atoms with van der Waals surface area (Å²) in [5.74, 6) is 0.589. The molecule has 110 valence electrons. The Kier molecular flexibility index (Phi) is 4.55. The van der Waals surface area contributed by atoms with Crippen LogP contribution in [0.3, 0.4) is 0 Å². The first kappa shape index (κ1) is 15.0. The van der Waals surface area contributed by atoms with Crippen molar-refractivity contribution in [1.29, 1.82) is 0 Å². The van der Waals surface area contributed by atoms with Crippen LogP contribution in [0.2, 0.25) is 0 Å². The molecule has 5 heteroatoms. The van der Waals surface area contributed by atoms with Gasteiger partial charge in [-0.05, 0) is 37.6 Å². The van der Waals surface area contributed by atoms with Gasteiger partial charge in [-0.2, -0.15) is 0 Å². The fourth-order valence-corrected chi connectivity index (χ4v) is 2.20. The Bertz CT molecular complexity index is 669. The Hall–Kier alpha value is -2.40. The number of benzene rings is 1. The van der Waals surface area contributed by atoms with Crippen LogP contribution in [0.4, 0.5) is 5.69 Å². The molecule has 0 radical (unpaired) electrons. The SMILES string of the molecule is COc1c(C)ccc(NC(=O)c2ccnc(CN)c2)c1C. The largest absolute Gasteiger partial charge is 0.496 e. The summed E-state index contributed by atoms with van der Waals surface area (Å²) in [6.07, 6.45) is 1.58. The molecule has 0 spiro atoms. The summed E-state index contributed by atoms with van der Waals surface area (Å²) in [6.45, 7) is 4.19. The lowest BCUT2D eigenvalue weighted by atomic mass is 10.1. The van der Waals surface area contributed by atoms with E-state index in [2.05, 4.69) is 10.3 Å². The van der Waals surface area contributed by atoms with Crippen LogP contribution >= 0.6 is 0 Å². The van der Waals surface area contributed by atoms with E-state index in [1.165, 1.54) is 0 Å². The van der Waals surface area contributed by atoms with Gasteiger partial charge in [-0.1, -0.05) is 6.07 Å². The van der Waals surface area contributed by atoms with Crippen LogP contribution in [0.1, 0.15) is 27.2 Å². The maximum Gasteiger partial charge on any atom is 0.255 e. The highest BCUT2D eigenvalue weighted by Gasteiger charge is 2.12. The van der Waals surface area contributed by atoms with E-state index >= 15 is 0 Å². The number of rotatable bonds is 4. The molecule has 1 heterocycles. The van der Waals surface area contributed by atoms with Crippen molar-refractivity contribution < 1.29 is 9.53 Å². The number of aryl methyl sites for hydroxylation is 1. The van der Waals surface area contributed by atoms with Gasteiger partial charge in [0.1, 0.15) is 5.75 Å². The van der Waals surface area contributed by atoms with E-state index in [9.17, 15) is 4.79 Å². The molecule has 1 aromatic heterocycles. The van der Waals surface area contributed by atoms with Crippen LogP contribution in [0.5, 0.6) is 5.75 Å². The fraction of sp³-hybridized carbons (Fsp3) is 0.250. The van der Waals surface area contributed by atoms with Gasteiger partial charge in [0.15, 0.2) is 0 Å². The number of hydrogen-bond acceptors (Lipinski definition) is 4. The van der Waals surface area contributed by atoms with Gasteiger partial charge >= 0.3 is 0 Å². The monoisotopic (exact) mass is 285 g/mol. The van der Waals surface area contributed by atoms with E-state index in [0.717, 1.165) is 22.6 Å². The van der Waals surface area contributed by atoms with Crippen LogP contribution in [0, 0.1) is 13.8 Å². The number of hydrogen-bond donors (Lipinski definition) is 2. The zero-order valence-electron chi connectivity index (χ0n) is 12.4. The summed E-state index contributed by atoms with van der Waals surface area (Å²) in [4.78, 5) is 16.4. The highest BCUT2D eigenvalue weighted by molar-refractivity contribution is 6.04. The topological polar surface area (TPSA) is 77.2 Å². The number of amides is 1. The number of methoxy groups -OCH3 is 1. The highest BCUT2D eigenvalue weighted by Crippen LogP contribution is 2.29. The third-order valence-electron chi connectivity index (χ3n) is 3.34. The van der Waals surface area contributed by atoms with E-state index in [0.29, 0.717) is 17.8 Å². The molecule has 0 unspecified atom stereocenters. The molecule has 0 aliphatic carbocycles. The van der Waals surface area contributed by atoms with E-state index in [1.807, 2.05) is 26.0 Å². The lowest BCUT2D eigenvalue weighted by molar-refractivity contribution is 0.102. The molecule has 1 amide bonds. The van der Waals surface area contributed by atoms with Crippen LogP contribution in [0.25, 0.3) is 0 Å². The second kappa shape index (κ2) is 6.37. The normalized spacial score (nSPS) is 10.3. The van der Waals surface area contributed by atoms with E-state index in [-0.39, 0.29) is 5.91 Å².